The van der Waals surface area contributed by atoms with Crippen molar-refractivity contribution >= 4 is 46.1 Å². The van der Waals surface area contributed by atoms with Crippen molar-refractivity contribution in [2.24, 2.45) is 0 Å². The average molecular weight is 602 g/mol. The lowest BCUT2D eigenvalue weighted by Crippen LogP contribution is -2.56. The van der Waals surface area contributed by atoms with Gasteiger partial charge in [0, 0.05) is 29.6 Å². The zero-order valence-corrected chi connectivity index (χ0v) is 24.3. The van der Waals surface area contributed by atoms with Gasteiger partial charge in [-0.1, -0.05) is 18.7 Å². The molecule has 42 heavy (non-hydrogen) atoms. The number of phenols is 1. The summed E-state index contributed by atoms with van der Waals surface area (Å²) in [6, 6.07) is 1.16. The number of benzene rings is 1. The average Bonchev–Trinajstić information content (AvgIpc) is 3.38. The van der Waals surface area contributed by atoms with E-state index in [4.69, 9.17) is 5.11 Å². The van der Waals surface area contributed by atoms with Gasteiger partial charge in [-0.25, -0.2) is 4.98 Å². The third-order valence-corrected chi connectivity index (χ3v) is 7.35. The summed E-state index contributed by atoms with van der Waals surface area (Å²) in [4.78, 5) is 67.2. The van der Waals surface area contributed by atoms with Crippen LogP contribution in [0.15, 0.2) is 36.7 Å². The highest BCUT2D eigenvalue weighted by atomic mass is 32.1. The van der Waals surface area contributed by atoms with Crippen LogP contribution in [0.5, 0.6) is 5.75 Å². The monoisotopic (exact) mass is 601 g/mol. The number of rotatable bonds is 3. The minimum absolute atomic E-state index is 0.0136. The van der Waals surface area contributed by atoms with Gasteiger partial charge in [0.25, 0.3) is 0 Å². The van der Waals surface area contributed by atoms with E-state index in [1.165, 1.54) is 24.3 Å². The highest BCUT2D eigenvalue weighted by Gasteiger charge is 2.27. The first-order chi connectivity index (χ1) is 19.8. The SMILES string of the molecule is C=C1N[C@@H](C)C(=O)N[C@@H](C)C(=O)N[C@H](C(=O)NCC(=O)O)Cc2ccc(O)c(c2)Cc2cnc(s2)NCC(=O)N[C@H]1C. The number of hydrogen-bond donors (Lipinski definition) is 8. The molecule has 0 saturated heterocycles. The molecule has 0 unspecified atom stereocenters. The summed E-state index contributed by atoms with van der Waals surface area (Å²) in [7, 11) is 0. The Kier molecular flexibility index (Phi) is 10.8. The fourth-order valence-corrected chi connectivity index (χ4v) is 4.83. The summed E-state index contributed by atoms with van der Waals surface area (Å²) in [5.74, 6) is -3.49. The maximum absolute atomic E-state index is 13.0. The molecule has 3 rings (SSSR count). The summed E-state index contributed by atoms with van der Waals surface area (Å²) in [6.07, 6.45) is 1.90. The molecule has 0 saturated carbocycles. The van der Waals surface area contributed by atoms with Crippen LogP contribution in [-0.4, -0.2) is 82.1 Å². The molecule has 2 aromatic rings. The number of carboxylic acids is 1. The number of carbonyl (C=O) groups excluding carboxylic acids is 4. The zero-order valence-electron chi connectivity index (χ0n) is 23.4. The Balaban J connectivity index is 1.91. The molecule has 0 spiro atoms. The minimum Gasteiger partial charge on any atom is -0.508 e. The number of anilines is 1. The second-order valence-electron chi connectivity index (χ2n) is 9.91. The fourth-order valence-electron chi connectivity index (χ4n) is 4.00. The number of aromatic nitrogens is 1. The van der Waals surface area contributed by atoms with Crippen LogP contribution in [0.3, 0.4) is 0 Å². The van der Waals surface area contributed by atoms with E-state index in [9.17, 15) is 29.1 Å². The Morgan fingerprint density at radius 3 is 2.45 bits per heavy atom. The second kappa shape index (κ2) is 14.3. The number of aromatic hydroxyl groups is 1. The van der Waals surface area contributed by atoms with Gasteiger partial charge in [-0.15, -0.1) is 11.3 Å². The van der Waals surface area contributed by atoms with Gasteiger partial charge >= 0.3 is 5.97 Å². The summed E-state index contributed by atoms with van der Waals surface area (Å²) in [5.41, 5.74) is 1.49. The van der Waals surface area contributed by atoms with Crippen molar-refractivity contribution in [3.05, 3.63) is 52.7 Å². The number of thiazole rings is 1. The first-order valence-corrected chi connectivity index (χ1v) is 14.0. The van der Waals surface area contributed by atoms with Crippen molar-refractivity contribution in [1.82, 2.24) is 31.6 Å². The Morgan fingerprint density at radius 1 is 1.05 bits per heavy atom. The lowest BCUT2D eigenvalue weighted by atomic mass is 10.00. The maximum atomic E-state index is 13.0. The topological polar surface area (TPSA) is 211 Å². The smallest absolute Gasteiger partial charge is 0.322 e. The van der Waals surface area contributed by atoms with Crippen LogP contribution in [-0.2, 0) is 36.8 Å². The number of fused-ring (bicyclic) bond motifs is 4. The molecule has 4 bridgehead atoms. The fraction of sp³-hybridized carbons (Fsp3) is 0.407. The molecule has 1 aromatic heterocycles. The largest absolute Gasteiger partial charge is 0.508 e. The minimum atomic E-state index is -1.25. The number of carboxylic acid groups (broad SMARTS) is 1. The number of aliphatic carboxylic acids is 1. The molecule has 226 valence electrons. The molecular formula is C27H35N7O7S. The number of nitrogens with zero attached hydrogens (tertiary/aromatic N) is 1. The molecule has 0 radical (unpaired) electrons. The van der Waals surface area contributed by atoms with Gasteiger partial charge in [0.1, 0.15) is 30.4 Å². The van der Waals surface area contributed by atoms with Crippen LogP contribution < -0.4 is 31.9 Å². The van der Waals surface area contributed by atoms with Crippen LogP contribution in [0.4, 0.5) is 5.13 Å². The van der Waals surface area contributed by atoms with Gasteiger partial charge in [-0.05, 0) is 38.0 Å². The van der Waals surface area contributed by atoms with Gasteiger partial charge < -0.3 is 42.1 Å². The first kappa shape index (κ1) is 31.9. The molecular weight excluding hydrogens is 566 g/mol. The lowest BCUT2D eigenvalue weighted by Gasteiger charge is -2.24. The number of nitrogens with one attached hydrogen (secondary N) is 6. The Hall–Kier alpha value is -4.66. The Bertz CT molecular complexity index is 1360. The van der Waals surface area contributed by atoms with Crippen LogP contribution in [0, 0.1) is 0 Å². The molecule has 15 heteroatoms. The van der Waals surface area contributed by atoms with E-state index in [0.717, 1.165) is 4.88 Å². The molecule has 14 nitrogen and oxygen atoms in total. The molecule has 8 N–H and O–H groups in total. The van der Waals surface area contributed by atoms with E-state index in [1.807, 2.05) is 0 Å². The van der Waals surface area contributed by atoms with Gasteiger partial charge in [-0.3, -0.25) is 24.0 Å². The normalized spacial score (nSPS) is 22.5. The highest BCUT2D eigenvalue weighted by Crippen LogP contribution is 2.26. The van der Waals surface area contributed by atoms with Crippen molar-refractivity contribution in [1.29, 1.82) is 0 Å². The lowest BCUT2D eigenvalue weighted by molar-refractivity contribution is -0.138. The van der Waals surface area contributed by atoms with Crippen molar-refractivity contribution in [3.8, 4) is 5.75 Å². The van der Waals surface area contributed by atoms with E-state index >= 15 is 0 Å². The van der Waals surface area contributed by atoms with Crippen LogP contribution in [0.25, 0.3) is 0 Å². The predicted molar refractivity (Wildman–Crippen MR) is 155 cm³/mol. The summed E-state index contributed by atoms with van der Waals surface area (Å²) < 4.78 is 0. The number of carbonyl (C=O) groups is 5. The molecule has 1 aliphatic heterocycles. The predicted octanol–water partition coefficient (Wildman–Crippen LogP) is -0.406. The van der Waals surface area contributed by atoms with Crippen LogP contribution >= 0.6 is 11.3 Å². The van der Waals surface area contributed by atoms with E-state index in [2.05, 4.69) is 43.5 Å². The molecule has 2 heterocycles. The van der Waals surface area contributed by atoms with Gasteiger partial charge in [0.15, 0.2) is 5.13 Å². The molecule has 0 fully saturated rings. The van der Waals surface area contributed by atoms with Crippen LogP contribution in [0.1, 0.15) is 36.8 Å². The molecule has 1 aliphatic rings. The van der Waals surface area contributed by atoms with E-state index in [0.29, 0.717) is 28.4 Å². The molecule has 4 amide bonds. The van der Waals surface area contributed by atoms with E-state index in [1.54, 1.807) is 32.2 Å². The number of amides is 4. The zero-order chi connectivity index (χ0) is 31.0. The van der Waals surface area contributed by atoms with Crippen molar-refractivity contribution in [2.45, 2.75) is 57.8 Å². The standard InChI is InChI=1S/C27H35N7O7S/c1-13-14(2)32-22(36)11-30-27-29-10-19(42-27)9-18-7-17(5-6-21(18)35)8-20(26(41)28-12-23(37)38)34-25(40)16(4)33-24(39)15(3)31-13/h5-7,10,14-16,20,31,35H,1,8-9,11-12H2,2-4H3,(H,28,41)(H,29,30)(H,32,36)(H,33,39)(H,34,40)(H,37,38)/t14-,15-,16-,20-/m0/s1. The third kappa shape index (κ3) is 9.19. The van der Waals surface area contributed by atoms with Crippen molar-refractivity contribution < 1.29 is 34.2 Å². The van der Waals surface area contributed by atoms with Crippen molar-refractivity contribution in [2.75, 3.05) is 18.4 Å². The Morgan fingerprint density at radius 2 is 1.74 bits per heavy atom. The first-order valence-electron chi connectivity index (χ1n) is 13.2. The third-order valence-electron chi connectivity index (χ3n) is 6.40. The maximum Gasteiger partial charge on any atom is 0.322 e. The number of phenolic OH excluding ortho intramolecular Hbond substituents is 1. The Labute approximate surface area is 246 Å². The van der Waals surface area contributed by atoms with Gasteiger partial charge in [-0.2, -0.15) is 0 Å². The van der Waals surface area contributed by atoms with Gasteiger partial charge in [0.05, 0.1) is 12.6 Å². The summed E-state index contributed by atoms with van der Waals surface area (Å²) in [6.45, 7) is 7.89. The summed E-state index contributed by atoms with van der Waals surface area (Å²) >= 11 is 1.30. The molecule has 4 atom stereocenters. The second-order valence-corrected chi connectivity index (χ2v) is 11.0. The number of hydrogen-bond acceptors (Lipinski definition) is 10. The van der Waals surface area contributed by atoms with Crippen LogP contribution in [0.2, 0.25) is 0 Å². The van der Waals surface area contributed by atoms with E-state index < -0.39 is 54.4 Å². The van der Waals surface area contributed by atoms with Crippen molar-refractivity contribution in [3.63, 3.8) is 0 Å². The highest BCUT2D eigenvalue weighted by molar-refractivity contribution is 7.15. The quantitative estimate of drug-likeness (QED) is 0.228. The summed E-state index contributed by atoms with van der Waals surface area (Å²) in [5, 5.41) is 36.0. The van der Waals surface area contributed by atoms with E-state index in [-0.39, 0.29) is 24.6 Å². The molecule has 0 aliphatic carbocycles. The molecule has 1 aromatic carbocycles. The van der Waals surface area contributed by atoms with Gasteiger partial charge in [0.2, 0.25) is 23.6 Å².